The number of hydrogen-bond acceptors (Lipinski definition) is 1. The van der Waals surface area contributed by atoms with Gasteiger partial charge < -0.3 is 0 Å². The zero-order valence-corrected chi connectivity index (χ0v) is 9.16. The van der Waals surface area contributed by atoms with E-state index in [4.69, 9.17) is 11.6 Å². The molecule has 0 aliphatic heterocycles. The molecule has 0 bridgehead atoms. The van der Waals surface area contributed by atoms with Gasteiger partial charge >= 0.3 is 12.1 Å². The molecule has 0 unspecified atom stereocenters. The molecule has 0 heterocycles. The Kier molecular flexibility index (Phi) is 3.47. The highest BCUT2D eigenvalue weighted by atomic mass is 35.5. The van der Waals surface area contributed by atoms with Gasteiger partial charge in [0.25, 0.3) is 0 Å². The zero-order chi connectivity index (χ0) is 13.4. The molecule has 1 aromatic carbocycles. The molecular formula is C10H6ClF5O. The van der Waals surface area contributed by atoms with Crippen molar-refractivity contribution in [2.45, 2.75) is 19.0 Å². The van der Waals surface area contributed by atoms with Gasteiger partial charge in [0.05, 0.1) is 5.02 Å². The minimum absolute atomic E-state index is 0.357. The Labute approximate surface area is 98.2 Å². The topological polar surface area (TPSA) is 17.1 Å². The Morgan fingerprint density at radius 1 is 1.18 bits per heavy atom. The summed E-state index contributed by atoms with van der Waals surface area (Å²) in [5.41, 5.74) is -0.482. The van der Waals surface area contributed by atoms with Crippen LogP contribution in [0.15, 0.2) is 18.2 Å². The highest BCUT2D eigenvalue weighted by molar-refractivity contribution is 6.34. The zero-order valence-electron chi connectivity index (χ0n) is 8.41. The Balaban J connectivity index is 3.26. The van der Waals surface area contributed by atoms with E-state index >= 15 is 0 Å². The smallest absolute Gasteiger partial charge is 0.287 e. The first-order valence-electron chi connectivity index (χ1n) is 4.33. The number of hydrogen-bond donors (Lipinski definition) is 0. The van der Waals surface area contributed by atoms with Crippen molar-refractivity contribution in [3.63, 3.8) is 0 Å². The third-order valence-electron chi connectivity index (χ3n) is 2.01. The van der Waals surface area contributed by atoms with Crippen LogP contribution in [0.4, 0.5) is 22.0 Å². The van der Waals surface area contributed by atoms with Crippen LogP contribution in [-0.2, 0) is 0 Å². The van der Waals surface area contributed by atoms with Crippen molar-refractivity contribution >= 4 is 17.4 Å². The standard InChI is InChI=1S/C10H6ClF5O/c1-5-2-3-7(11)6(4-5)8(17)9(12,13)10(14,15)16/h2-4H,1H3. The van der Waals surface area contributed by atoms with Crippen LogP contribution in [0.5, 0.6) is 0 Å². The fourth-order valence-corrected chi connectivity index (χ4v) is 1.31. The molecule has 1 rings (SSSR count). The number of halogens is 6. The molecule has 0 N–H and O–H groups in total. The van der Waals surface area contributed by atoms with Crippen molar-refractivity contribution in [1.82, 2.24) is 0 Å². The van der Waals surface area contributed by atoms with Crippen LogP contribution >= 0.6 is 11.6 Å². The van der Waals surface area contributed by atoms with E-state index in [2.05, 4.69) is 0 Å². The van der Waals surface area contributed by atoms with Crippen molar-refractivity contribution < 1.29 is 26.7 Å². The van der Waals surface area contributed by atoms with E-state index in [9.17, 15) is 26.7 Å². The van der Waals surface area contributed by atoms with Crippen molar-refractivity contribution in [1.29, 1.82) is 0 Å². The van der Waals surface area contributed by atoms with Crippen LogP contribution in [0.3, 0.4) is 0 Å². The Bertz CT molecular complexity index is 452. The summed E-state index contributed by atoms with van der Waals surface area (Å²) in [6.07, 6.45) is -5.93. The van der Waals surface area contributed by atoms with Crippen LogP contribution in [0, 0.1) is 6.92 Å². The van der Waals surface area contributed by atoms with Crippen LogP contribution in [0.2, 0.25) is 5.02 Å². The lowest BCUT2D eigenvalue weighted by molar-refractivity contribution is -0.255. The summed E-state index contributed by atoms with van der Waals surface area (Å²) < 4.78 is 61.5. The first-order chi connectivity index (χ1) is 7.57. The van der Waals surface area contributed by atoms with Gasteiger partial charge in [0.1, 0.15) is 0 Å². The Morgan fingerprint density at radius 2 is 1.71 bits per heavy atom. The molecule has 0 saturated heterocycles. The number of aryl methyl sites for hydroxylation is 1. The van der Waals surface area contributed by atoms with E-state index in [1.165, 1.54) is 13.0 Å². The summed E-state index contributed by atoms with van der Waals surface area (Å²) >= 11 is 5.43. The van der Waals surface area contributed by atoms with E-state index in [0.29, 0.717) is 5.56 Å². The van der Waals surface area contributed by atoms with Crippen LogP contribution in [0.25, 0.3) is 0 Å². The lowest BCUT2D eigenvalue weighted by Crippen LogP contribution is -2.44. The summed E-state index contributed by atoms with van der Waals surface area (Å²) in [5, 5.41) is -0.440. The summed E-state index contributed by atoms with van der Waals surface area (Å²) in [4.78, 5) is 11.1. The molecule has 0 saturated carbocycles. The Hall–Kier alpha value is -1.17. The fraction of sp³-hybridized carbons (Fsp3) is 0.300. The third-order valence-corrected chi connectivity index (χ3v) is 2.34. The highest BCUT2D eigenvalue weighted by Gasteiger charge is 2.63. The largest absolute Gasteiger partial charge is 0.461 e. The molecule has 1 nitrogen and oxygen atoms in total. The number of carbonyl (C=O) groups excluding carboxylic acids is 1. The number of ketones is 1. The van der Waals surface area contributed by atoms with Gasteiger partial charge in [0.15, 0.2) is 0 Å². The molecule has 0 aliphatic carbocycles. The van der Waals surface area contributed by atoms with Crippen molar-refractivity contribution in [2.75, 3.05) is 0 Å². The lowest BCUT2D eigenvalue weighted by atomic mass is 10.0. The SMILES string of the molecule is Cc1ccc(Cl)c(C(=O)C(F)(F)C(F)(F)F)c1. The monoisotopic (exact) mass is 272 g/mol. The number of alkyl halides is 5. The summed E-state index contributed by atoms with van der Waals surface area (Å²) in [5.74, 6) is -7.79. The molecule has 94 valence electrons. The maximum atomic E-state index is 12.8. The Morgan fingerprint density at radius 3 is 2.18 bits per heavy atom. The maximum Gasteiger partial charge on any atom is 0.461 e. The molecule has 0 atom stereocenters. The summed E-state index contributed by atoms with van der Waals surface area (Å²) in [7, 11) is 0. The van der Waals surface area contributed by atoms with Gasteiger partial charge in [-0.15, -0.1) is 0 Å². The molecular weight excluding hydrogens is 267 g/mol. The molecule has 17 heavy (non-hydrogen) atoms. The van der Waals surface area contributed by atoms with E-state index < -0.39 is 28.5 Å². The van der Waals surface area contributed by atoms with E-state index in [1.54, 1.807) is 0 Å². The average molecular weight is 273 g/mol. The molecule has 0 aromatic heterocycles. The molecule has 1 aromatic rings. The molecule has 0 radical (unpaired) electrons. The predicted octanol–water partition coefficient (Wildman–Crippen LogP) is 4.03. The summed E-state index contributed by atoms with van der Waals surface area (Å²) in [6, 6.07) is 3.38. The average Bonchev–Trinajstić information content (AvgIpc) is 2.19. The number of rotatable bonds is 2. The third kappa shape index (κ3) is 2.57. The lowest BCUT2D eigenvalue weighted by Gasteiger charge is -2.18. The number of carbonyl (C=O) groups is 1. The van der Waals surface area contributed by atoms with E-state index in [-0.39, 0.29) is 0 Å². The predicted molar refractivity (Wildman–Crippen MR) is 51.5 cm³/mol. The summed E-state index contributed by atoms with van der Waals surface area (Å²) in [6.45, 7) is 1.44. The minimum atomic E-state index is -5.93. The fourth-order valence-electron chi connectivity index (χ4n) is 1.11. The van der Waals surface area contributed by atoms with Gasteiger partial charge in [-0.3, -0.25) is 4.79 Å². The van der Waals surface area contributed by atoms with Crippen molar-refractivity contribution in [3.05, 3.63) is 34.3 Å². The molecule has 0 spiro atoms. The normalized spacial score (nSPS) is 12.6. The van der Waals surface area contributed by atoms with Gasteiger partial charge in [-0.2, -0.15) is 22.0 Å². The van der Waals surface area contributed by atoms with Crippen molar-refractivity contribution in [2.24, 2.45) is 0 Å². The highest BCUT2D eigenvalue weighted by Crippen LogP contribution is 2.39. The van der Waals surface area contributed by atoms with Crippen LogP contribution in [0.1, 0.15) is 15.9 Å². The molecule has 0 aliphatic rings. The molecule has 0 fully saturated rings. The van der Waals surface area contributed by atoms with Gasteiger partial charge in [0.2, 0.25) is 5.78 Å². The second-order valence-corrected chi connectivity index (χ2v) is 3.79. The second-order valence-electron chi connectivity index (χ2n) is 3.38. The van der Waals surface area contributed by atoms with Crippen LogP contribution < -0.4 is 0 Å². The number of benzene rings is 1. The number of Topliss-reactive ketones (excluding diaryl/α,β-unsaturated/α-hetero) is 1. The molecule has 7 heteroatoms. The van der Waals surface area contributed by atoms with Crippen LogP contribution in [-0.4, -0.2) is 17.9 Å². The second kappa shape index (κ2) is 4.25. The van der Waals surface area contributed by atoms with Crippen molar-refractivity contribution in [3.8, 4) is 0 Å². The quantitative estimate of drug-likeness (QED) is 0.587. The van der Waals surface area contributed by atoms with E-state index in [1.807, 2.05) is 0 Å². The van der Waals surface area contributed by atoms with Gasteiger partial charge in [-0.05, 0) is 19.1 Å². The minimum Gasteiger partial charge on any atom is -0.287 e. The van der Waals surface area contributed by atoms with Gasteiger partial charge in [0, 0.05) is 5.56 Å². The van der Waals surface area contributed by atoms with Gasteiger partial charge in [-0.25, -0.2) is 0 Å². The first kappa shape index (κ1) is 13.9. The molecule has 0 amide bonds. The maximum absolute atomic E-state index is 12.8. The van der Waals surface area contributed by atoms with Gasteiger partial charge in [-0.1, -0.05) is 23.2 Å². The first-order valence-corrected chi connectivity index (χ1v) is 4.70. The van der Waals surface area contributed by atoms with E-state index in [0.717, 1.165) is 12.1 Å².